The van der Waals surface area contributed by atoms with E-state index in [1.165, 1.54) is 24.4 Å². The number of aryl methyl sites for hydroxylation is 1. The van der Waals surface area contributed by atoms with Crippen LogP contribution in [0.4, 0.5) is 21.5 Å². The Morgan fingerprint density at radius 1 is 1.09 bits per heavy atom. The minimum Gasteiger partial charge on any atom is -0.399 e. The van der Waals surface area contributed by atoms with Crippen molar-refractivity contribution in [2.24, 2.45) is 5.73 Å². The molecule has 5 rings (SSSR count). The van der Waals surface area contributed by atoms with Crippen LogP contribution in [0.3, 0.4) is 0 Å². The van der Waals surface area contributed by atoms with E-state index in [1.54, 1.807) is 12.1 Å². The standard InChI is InChI=1S/C34H36Cl3FN8/c1-19-24(6-8-30(37)43-19)33(29(40)18-41-21-9-11-46(12-10-21)34(2,3)4)45-23-13-25-31(44-22-5-7-28(38)26(35)14-22)20(16-39)17-42-32(25)27(36)15-23/h5-8,13-15,17-18,21,33,41,45H,9-12,40H2,1-4H3,(H,42,44)/b29-18-/t33-/m0/s1. The van der Waals surface area contributed by atoms with Crippen molar-refractivity contribution >= 4 is 62.8 Å². The molecule has 46 heavy (non-hydrogen) atoms. The zero-order valence-corrected chi connectivity index (χ0v) is 28.3. The second kappa shape index (κ2) is 13.9. The molecule has 1 aliphatic heterocycles. The van der Waals surface area contributed by atoms with Crippen LogP contribution in [0, 0.1) is 24.1 Å². The molecular formula is C34H36Cl3FN8. The summed E-state index contributed by atoms with van der Waals surface area (Å²) in [6.45, 7) is 10.6. The van der Waals surface area contributed by atoms with Crippen LogP contribution in [-0.2, 0) is 0 Å². The predicted octanol–water partition coefficient (Wildman–Crippen LogP) is 8.46. The van der Waals surface area contributed by atoms with Crippen molar-refractivity contribution in [2.45, 2.75) is 58.2 Å². The quantitative estimate of drug-likeness (QED) is 0.137. The van der Waals surface area contributed by atoms with Gasteiger partial charge in [0.05, 0.1) is 38.6 Å². The van der Waals surface area contributed by atoms with Crippen molar-refractivity contribution in [1.29, 1.82) is 5.26 Å². The number of benzene rings is 2. The van der Waals surface area contributed by atoms with E-state index >= 15 is 0 Å². The van der Waals surface area contributed by atoms with Gasteiger partial charge in [-0.3, -0.25) is 9.88 Å². The Bertz CT molecular complexity index is 1820. The van der Waals surface area contributed by atoms with Gasteiger partial charge in [0.2, 0.25) is 0 Å². The van der Waals surface area contributed by atoms with Crippen molar-refractivity contribution in [2.75, 3.05) is 23.7 Å². The Labute approximate surface area is 283 Å². The Hall–Kier alpha value is -3.81. The molecule has 2 aromatic carbocycles. The molecule has 1 atom stereocenters. The Morgan fingerprint density at radius 3 is 2.46 bits per heavy atom. The highest BCUT2D eigenvalue weighted by atomic mass is 35.5. The van der Waals surface area contributed by atoms with E-state index in [1.807, 2.05) is 25.3 Å². The van der Waals surface area contributed by atoms with Crippen molar-refractivity contribution in [3.8, 4) is 6.07 Å². The van der Waals surface area contributed by atoms with Gasteiger partial charge in [0, 0.05) is 65.1 Å². The number of aromatic nitrogens is 2. The van der Waals surface area contributed by atoms with E-state index in [0.717, 1.165) is 37.2 Å². The molecule has 5 N–H and O–H groups in total. The van der Waals surface area contributed by atoms with Crippen LogP contribution >= 0.6 is 34.8 Å². The second-order valence-corrected chi connectivity index (χ2v) is 13.6. The summed E-state index contributed by atoms with van der Waals surface area (Å²) < 4.78 is 13.9. The molecule has 0 radical (unpaired) electrons. The molecule has 0 bridgehead atoms. The van der Waals surface area contributed by atoms with Gasteiger partial charge in [0.1, 0.15) is 17.0 Å². The zero-order valence-electron chi connectivity index (χ0n) is 26.1. The highest BCUT2D eigenvalue weighted by molar-refractivity contribution is 6.36. The molecule has 1 aliphatic rings. The van der Waals surface area contributed by atoms with E-state index in [4.69, 9.17) is 40.5 Å². The van der Waals surface area contributed by atoms with Gasteiger partial charge in [-0.1, -0.05) is 40.9 Å². The molecule has 4 aromatic rings. The highest BCUT2D eigenvalue weighted by Gasteiger charge is 2.27. The van der Waals surface area contributed by atoms with Gasteiger partial charge in [0.15, 0.2) is 0 Å². The van der Waals surface area contributed by atoms with Crippen LogP contribution in [-0.4, -0.2) is 39.5 Å². The third-order valence-corrected chi connectivity index (χ3v) is 9.00. The Morgan fingerprint density at radius 2 is 1.80 bits per heavy atom. The maximum Gasteiger partial charge on any atom is 0.141 e. The van der Waals surface area contributed by atoms with Crippen LogP contribution in [0.1, 0.15) is 56.5 Å². The Balaban J connectivity index is 1.50. The van der Waals surface area contributed by atoms with E-state index in [-0.39, 0.29) is 16.1 Å². The molecule has 8 nitrogen and oxygen atoms in total. The zero-order chi connectivity index (χ0) is 33.2. The molecule has 1 fully saturated rings. The number of hydrogen-bond acceptors (Lipinski definition) is 8. The highest BCUT2D eigenvalue weighted by Crippen LogP contribution is 2.37. The summed E-state index contributed by atoms with van der Waals surface area (Å²) in [5.74, 6) is -0.546. The molecule has 0 unspecified atom stereocenters. The van der Waals surface area contributed by atoms with Crippen LogP contribution < -0.4 is 21.7 Å². The summed E-state index contributed by atoms with van der Waals surface area (Å²) in [7, 11) is 0. The van der Waals surface area contributed by atoms with Gasteiger partial charge in [0.25, 0.3) is 0 Å². The number of nitriles is 1. The van der Waals surface area contributed by atoms with Crippen molar-refractivity contribution in [1.82, 2.24) is 20.2 Å². The van der Waals surface area contributed by atoms with Gasteiger partial charge in [-0.25, -0.2) is 9.37 Å². The predicted molar refractivity (Wildman–Crippen MR) is 186 cm³/mol. The monoisotopic (exact) mass is 680 g/mol. The van der Waals surface area contributed by atoms with Crippen LogP contribution in [0.5, 0.6) is 0 Å². The van der Waals surface area contributed by atoms with Gasteiger partial charge in [-0.05, 0) is 76.9 Å². The van der Waals surface area contributed by atoms with Crippen LogP contribution in [0.2, 0.25) is 15.2 Å². The fourth-order valence-corrected chi connectivity index (χ4v) is 6.29. The number of hydrogen-bond donors (Lipinski definition) is 4. The van der Waals surface area contributed by atoms with E-state index in [9.17, 15) is 9.65 Å². The summed E-state index contributed by atoms with van der Waals surface area (Å²) in [4.78, 5) is 11.4. The second-order valence-electron chi connectivity index (χ2n) is 12.4. The first-order valence-corrected chi connectivity index (χ1v) is 16.1. The summed E-state index contributed by atoms with van der Waals surface area (Å²) in [5, 5.41) is 21.5. The summed E-state index contributed by atoms with van der Waals surface area (Å²) in [6.07, 6.45) is 5.32. The molecule has 3 heterocycles. The third kappa shape index (κ3) is 7.59. The fourth-order valence-electron chi connectivity index (χ4n) is 5.65. The molecule has 0 aliphatic carbocycles. The van der Waals surface area contributed by atoms with Crippen molar-refractivity contribution in [3.05, 3.63) is 98.4 Å². The number of nitrogens with zero attached hydrogens (tertiary/aromatic N) is 4. The largest absolute Gasteiger partial charge is 0.399 e. The van der Waals surface area contributed by atoms with Crippen LogP contribution in [0.15, 0.2) is 60.6 Å². The lowest BCUT2D eigenvalue weighted by Gasteiger charge is -2.41. The average Bonchev–Trinajstić information content (AvgIpc) is 3.01. The number of anilines is 3. The molecule has 12 heteroatoms. The number of nitrogens with one attached hydrogen (secondary N) is 3. The first kappa shape index (κ1) is 33.6. The number of piperidine rings is 1. The number of pyridine rings is 2. The number of rotatable bonds is 8. The van der Waals surface area contributed by atoms with Crippen molar-refractivity contribution < 1.29 is 4.39 Å². The molecule has 1 saturated heterocycles. The molecule has 0 spiro atoms. The van der Waals surface area contributed by atoms with Gasteiger partial charge < -0.3 is 21.7 Å². The normalized spacial score (nSPS) is 15.4. The van der Waals surface area contributed by atoms with Gasteiger partial charge in [-0.2, -0.15) is 5.26 Å². The topological polar surface area (TPSA) is 115 Å². The molecule has 240 valence electrons. The molecule has 2 aromatic heterocycles. The van der Waals surface area contributed by atoms with Gasteiger partial charge >= 0.3 is 0 Å². The number of fused-ring (bicyclic) bond motifs is 1. The lowest BCUT2D eigenvalue weighted by atomic mass is 9.98. The summed E-state index contributed by atoms with van der Waals surface area (Å²) >= 11 is 19.0. The van der Waals surface area contributed by atoms with Gasteiger partial charge in [-0.15, -0.1) is 0 Å². The third-order valence-electron chi connectivity index (χ3n) is 8.21. The number of likely N-dealkylation sites (tertiary alicyclic amines) is 1. The summed E-state index contributed by atoms with van der Waals surface area (Å²) in [6, 6.07) is 13.4. The van der Waals surface area contributed by atoms with E-state index < -0.39 is 11.9 Å². The lowest BCUT2D eigenvalue weighted by Crippen LogP contribution is -2.49. The van der Waals surface area contributed by atoms with E-state index in [0.29, 0.717) is 49.9 Å². The number of halogens is 4. The first-order valence-electron chi connectivity index (χ1n) is 14.9. The maximum atomic E-state index is 13.9. The van der Waals surface area contributed by atoms with Crippen LogP contribution in [0.25, 0.3) is 10.9 Å². The fraction of sp³-hybridized carbons (Fsp3) is 0.324. The minimum atomic E-state index is -0.546. The van der Waals surface area contributed by atoms with Crippen molar-refractivity contribution in [3.63, 3.8) is 0 Å². The molecule has 0 saturated carbocycles. The molecular weight excluding hydrogens is 646 g/mol. The SMILES string of the molecule is Cc1nc(Cl)ccc1[C@H](Nc1cc(Cl)c2ncc(C#N)c(Nc3ccc(F)c(Cl)c3)c2c1)/C(N)=C/NC1CCN(C(C)(C)C)CC1. The first-order chi connectivity index (χ1) is 21.8. The maximum absolute atomic E-state index is 13.9. The molecule has 0 amide bonds. The smallest absolute Gasteiger partial charge is 0.141 e. The lowest BCUT2D eigenvalue weighted by molar-refractivity contribution is 0.0988. The van der Waals surface area contributed by atoms with E-state index in [2.05, 4.69) is 57.7 Å². The Kier molecular flexibility index (Phi) is 10.1. The summed E-state index contributed by atoms with van der Waals surface area (Å²) in [5.41, 5.74) is 11.4. The average molecular weight is 682 g/mol. The minimum absolute atomic E-state index is 0.0485. The number of nitrogens with two attached hydrogens (primary N) is 1.